The summed E-state index contributed by atoms with van der Waals surface area (Å²) >= 11 is 0. The Bertz CT molecular complexity index is 1020. The van der Waals surface area contributed by atoms with E-state index in [1.54, 1.807) is 7.11 Å². The van der Waals surface area contributed by atoms with Gasteiger partial charge < -0.3 is 14.5 Å². The van der Waals surface area contributed by atoms with E-state index in [2.05, 4.69) is 24.0 Å². The predicted molar refractivity (Wildman–Crippen MR) is 112 cm³/mol. The van der Waals surface area contributed by atoms with Crippen LogP contribution >= 0.6 is 0 Å². The number of anilines is 1. The number of amides is 1. The molecule has 0 unspecified atom stereocenters. The maximum absolute atomic E-state index is 12.9. The van der Waals surface area contributed by atoms with E-state index in [9.17, 15) is 4.79 Å². The summed E-state index contributed by atoms with van der Waals surface area (Å²) in [7, 11) is 1.68. The minimum absolute atomic E-state index is 0.113. The first-order valence-corrected chi connectivity index (χ1v) is 9.62. The molecule has 3 aromatic rings. The molecule has 4 rings (SSSR count). The molecule has 5 nitrogen and oxygen atoms in total. The number of benzene rings is 2. The summed E-state index contributed by atoms with van der Waals surface area (Å²) in [6.07, 6.45) is 0. The Morgan fingerprint density at radius 2 is 1.71 bits per heavy atom. The normalized spacial score (nSPS) is 14.4. The van der Waals surface area contributed by atoms with Gasteiger partial charge in [-0.25, -0.2) is 4.98 Å². The van der Waals surface area contributed by atoms with Crippen molar-refractivity contribution in [2.45, 2.75) is 13.8 Å². The van der Waals surface area contributed by atoms with Crippen LogP contribution in [-0.2, 0) is 0 Å². The lowest BCUT2D eigenvalue weighted by Crippen LogP contribution is -2.49. The molecular formula is C23H25N3O2. The molecule has 144 valence electrons. The number of methoxy groups -OCH3 is 1. The van der Waals surface area contributed by atoms with Crippen molar-refractivity contribution < 1.29 is 9.53 Å². The number of piperazine rings is 1. The summed E-state index contributed by atoms with van der Waals surface area (Å²) in [6.45, 7) is 7.01. The highest BCUT2D eigenvalue weighted by Gasteiger charge is 2.24. The van der Waals surface area contributed by atoms with E-state index in [0.717, 1.165) is 46.7 Å². The first-order valence-electron chi connectivity index (χ1n) is 9.62. The van der Waals surface area contributed by atoms with Gasteiger partial charge in [-0.05, 0) is 43.2 Å². The predicted octanol–water partition coefficient (Wildman–Crippen LogP) is 3.82. The molecule has 1 aliphatic rings. The number of para-hydroxylation sites is 1. The third-order valence-corrected chi connectivity index (χ3v) is 5.48. The lowest BCUT2D eigenvalue weighted by atomic mass is 10.1. The van der Waals surface area contributed by atoms with E-state index in [0.29, 0.717) is 13.1 Å². The van der Waals surface area contributed by atoms with Crippen LogP contribution in [0.5, 0.6) is 5.75 Å². The van der Waals surface area contributed by atoms with E-state index in [4.69, 9.17) is 9.72 Å². The highest BCUT2D eigenvalue weighted by Crippen LogP contribution is 2.29. The molecule has 0 radical (unpaired) electrons. The molecule has 28 heavy (non-hydrogen) atoms. The maximum atomic E-state index is 12.9. The molecular weight excluding hydrogens is 350 g/mol. The van der Waals surface area contributed by atoms with Crippen LogP contribution in [0, 0.1) is 13.8 Å². The first kappa shape index (κ1) is 18.3. The minimum atomic E-state index is 0.113. The molecule has 0 N–H and O–H groups in total. The SMILES string of the molecule is COc1cccc2c(C)cc(N3CCN(C(=O)c4ccccc4C)CC3)nc12. The van der Waals surface area contributed by atoms with Gasteiger partial charge in [0.2, 0.25) is 0 Å². The van der Waals surface area contributed by atoms with Crippen molar-refractivity contribution >= 4 is 22.6 Å². The fourth-order valence-electron chi connectivity index (χ4n) is 3.82. The lowest BCUT2D eigenvalue weighted by Gasteiger charge is -2.36. The fourth-order valence-corrected chi connectivity index (χ4v) is 3.82. The zero-order chi connectivity index (χ0) is 19.7. The van der Waals surface area contributed by atoms with Gasteiger partial charge in [0, 0.05) is 37.1 Å². The Kier molecular flexibility index (Phi) is 4.90. The van der Waals surface area contributed by atoms with Crippen molar-refractivity contribution in [1.29, 1.82) is 0 Å². The first-order chi connectivity index (χ1) is 13.6. The molecule has 0 atom stereocenters. The van der Waals surface area contributed by atoms with Crippen LogP contribution in [0.1, 0.15) is 21.5 Å². The summed E-state index contributed by atoms with van der Waals surface area (Å²) in [5.41, 5.74) is 3.88. The number of carbonyl (C=O) groups is 1. The van der Waals surface area contributed by atoms with Gasteiger partial charge in [-0.2, -0.15) is 0 Å². The van der Waals surface area contributed by atoms with Crippen LogP contribution in [-0.4, -0.2) is 49.1 Å². The average Bonchev–Trinajstić information content (AvgIpc) is 2.73. The lowest BCUT2D eigenvalue weighted by molar-refractivity contribution is 0.0746. The van der Waals surface area contributed by atoms with Crippen LogP contribution in [0.25, 0.3) is 10.9 Å². The molecule has 5 heteroatoms. The Labute approximate surface area is 165 Å². The number of hydrogen-bond donors (Lipinski definition) is 0. The number of rotatable bonds is 3. The number of aromatic nitrogens is 1. The topological polar surface area (TPSA) is 45.7 Å². The number of ether oxygens (including phenoxy) is 1. The standard InChI is InChI=1S/C23H25N3O2/c1-16-7-4-5-8-19(16)23(27)26-13-11-25(12-14-26)21-15-17(2)18-9-6-10-20(28-3)22(18)24-21/h4-10,15H,11-14H2,1-3H3. The number of pyridine rings is 1. The summed E-state index contributed by atoms with van der Waals surface area (Å²) in [5, 5.41) is 1.11. The molecule has 0 bridgehead atoms. The zero-order valence-corrected chi connectivity index (χ0v) is 16.6. The van der Waals surface area contributed by atoms with Gasteiger partial charge in [-0.3, -0.25) is 4.79 Å². The third-order valence-electron chi connectivity index (χ3n) is 5.48. The smallest absolute Gasteiger partial charge is 0.254 e. The molecule has 2 heterocycles. The molecule has 1 aromatic heterocycles. The van der Waals surface area contributed by atoms with Crippen molar-refractivity contribution in [2.24, 2.45) is 0 Å². The van der Waals surface area contributed by atoms with Gasteiger partial charge in [0.25, 0.3) is 5.91 Å². The van der Waals surface area contributed by atoms with Crippen LogP contribution in [0.15, 0.2) is 48.5 Å². The molecule has 1 fully saturated rings. The summed E-state index contributed by atoms with van der Waals surface area (Å²) in [6, 6.07) is 15.9. The van der Waals surface area contributed by atoms with Crippen molar-refractivity contribution in [3.8, 4) is 5.75 Å². The van der Waals surface area contributed by atoms with Crippen LogP contribution in [0.2, 0.25) is 0 Å². The van der Waals surface area contributed by atoms with E-state index in [1.807, 2.05) is 48.2 Å². The average molecular weight is 375 g/mol. The van der Waals surface area contributed by atoms with E-state index < -0.39 is 0 Å². The van der Waals surface area contributed by atoms with Crippen molar-refractivity contribution in [3.63, 3.8) is 0 Å². The third kappa shape index (κ3) is 3.28. The highest BCUT2D eigenvalue weighted by atomic mass is 16.5. The molecule has 1 aliphatic heterocycles. The largest absolute Gasteiger partial charge is 0.494 e. The van der Waals surface area contributed by atoms with Crippen molar-refractivity contribution in [1.82, 2.24) is 9.88 Å². The van der Waals surface area contributed by atoms with E-state index in [-0.39, 0.29) is 5.91 Å². The van der Waals surface area contributed by atoms with Crippen LogP contribution in [0.4, 0.5) is 5.82 Å². The van der Waals surface area contributed by atoms with Gasteiger partial charge in [-0.1, -0.05) is 30.3 Å². The quantitative estimate of drug-likeness (QED) is 0.698. The number of nitrogens with zero attached hydrogens (tertiary/aromatic N) is 3. The van der Waals surface area contributed by atoms with Crippen LogP contribution in [0.3, 0.4) is 0 Å². The Morgan fingerprint density at radius 3 is 2.43 bits per heavy atom. The van der Waals surface area contributed by atoms with Gasteiger partial charge in [0.05, 0.1) is 7.11 Å². The minimum Gasteiger partial charge on any atom is -0.494 e. The van der Waals surface area contributed by atoms with Crippen molar-refractivity contribution in [3.05, 3.63) is 65.2 Å². The van der Waals surface area contributed by atoms with Crippen molar-refractivity contribution in [2.75, 3.05) is 38.2 Å². The fraction of sp³-hybridized carbons (Fsp3) is 0.304. The Balaban J connectivity index is 1.54. The molecule has 0 saturated carbocycles. The maximum Gasteiger partial charge on any atom is 0.254 e. The second-order valence-electron chi connectivity index (χ2n) is 7.25. The second-order valence-corrected chi connectivity index (χ2v) is 7.25. The highest BCUT2D eigenvalue weighted by molar-refractivity contribution is 5.95. The van der Waals surface area contributed by atoms with Crippen LogP contribution < -0.4 is 9.64 Å². The Hall–Kier alpha value is -3.08. The monoisotopic (exact) mass is 375 g/mol. The molecule has 1 saturated heterocycles. The van der Waals surface area contributed by atoms with Gasteiger partial charge >= 0.3 is 0 Å². The number of fused-ring (bicyclic) bond motifs is 1. The van der Waals surface area contributed by atoms with Gasteiger partial charge in [-0.15, -0.1) is 0 Å². The molecule has 0 aliphatic carbocycles. The zero-order valence-electron chi connectivity index (χ0n) is 16.6. The molecule has 0 spiro atoms. The second kappa shape index (κ2) is 7.50. The molecule has 2 aromatic carbocycles. The van der Waals surface area contributed by atoms with Gasteiger partial charge in [0.1, 0.15) is 17.1 Å². The summed E-state index contributed by atoms with van der Waals surface area (Å²) in [4.78, 5) is 21.9. The van der Waals surface area contributed by atoms with Gasteiger partial charge in [0.15, 0.2) is 0 Å². The molecule has 1 amide bonds. The number of carbonyl (C=O) groups excluding carboxylic acids is 1. The number of aryl methyl sites for hydroxylation is 2. The summed E-state index contributed by atoms with van der Waals surface area (Å²) in [5.74, 6) is 1.84. The summed E-state index contributed by atoms with van der Waals surface area (Å²) < 4.78 is 5.50. The number of hydrogen-bond acceptors (Lipinski definition) is 4. The van der Waals surface area contributed by atoms with E-state index in [1.165, 1.54) is 5.56 Å². The Morgan fingerprint density at radius 1 is 0.964 bits per heavy atom. The van der Waals surface area contributed by atoms with E-state index >= 15 is 0 Å².